The molecule has 0 saturated carbocycles. The Hall–Kier alpha value is -3.74. The number of carboxylic acid groups (broad SMARTS) is 1. The fraction of sp³-hybridized carbons (Fsp3) is 0.182. The van der Waals surface area contributed by atoms with Crippen LogP contribution < -0.4 is 15.4 Å². The number of fused-ring (bicyclic) bond motifs is 3. The number of rotatable bonds is 3. The molecule has 0 unspecified atom stereocenters. The first-order valence-corrected chi connectivity index (χ1v) is 9.22. The minimum atomic E-state index is -1.01. The van der Waals surface area contributed by atoms with Crippen molar-refractivity contribution in [1.82, 2.24) is 10.3 Å². The molecule has 7 heteroatoms. The highest BCUT2D eigenvalue weighted by Crippen LogP contribution is 2.39. The molecule has 3 aromatic rings. The maximum absolute atomic E-state index is 12.2. The zero-order valence-electron chi connectivity index (χ0n) is 16.1. The second kappa shape index (κ2) is 7.01. The minimum Gasteiger partial charge on any atom is -0.478 e. The van der Waals surface area contributed by atoms with Gasteiger partial charge in [-0.25, -0.2) is 9.59 Å². The van der Waals surface area contributed by atoms with Gasteiger partial charge in [0.05, 0.1) is 11.3 Å². The number of H-pyrrole nitrogens is 1. The average Bonchev–Trinajstić information content (AvgIpc) is 2.98. The topological polar surface area (TPSA) is 103 Å². The molecule has 0 radical (unpaired) electrons. The molecular formula is C22H21N3O4. The van der Waals surface area contributed by atoms with Crippen LogP contribution in [0.25, 0.3) is 16.5 Å². The first-order valence-electron chi connectivity index (χ1n) is 9.22. The Labute approximate surface area is 167 Å². The average molecular weight is 391 g/mol. The first-order chi connectivity index (χ1) is 13.8. The molecule has 0 spiro atoms. The van der Waals surface area contributed by atoms with Gasteiger partial charge in [-0.3, -0.25) is 5.32 Å². The lowest BCUT2D eigenvalue weighted by atomic mass is 9.82. The van der Waals surface area contributed by atoms with Crippen LogP contribution in [-0.4, -0.2) is 28.7 Å². The van der Waals surface area contributed by atoms with Crippen molar-refractivity contribution in [1.29, 1.82) is 0 Å². The van der Waals surface area contributed by atoms with Gasteiger partial charge in [-0.05, 0) is 29.8 Å². The summed E-state index contributed by atoms with van der Waals surface area (Å²) in [5, 5.41) is 16.3. The van der Waals surface area contributed by atoms with E-state index in [1.807, 2.05) is 24.3 Å². The van der Waals surface area contributed by atoms with Crippen molar-refractivity contribution in [3.8, 4) is 5.75 Å². The van der Waals surface area contributed by atoms with Gasteiger partial charge in [-0.15, -0.1) is 0 Å². The predicted octanol–water partition coefficient (Wildman–Crippen LogP) is 4.09. The highest BCUT2D eigenvalue weighted by molar-refractivity contribution is 6.17. The lowest BCUT2D eigenvalue weighted by Gasteiger charge is -2.24. The summed E-state index contributed by atoms with van der Waals surface area (Å²) in [6.45, 7) is 4.71. The highest BCUT2D eigenvalue weighted by Gasteiger charge is 2.32. The van der Waals surface area contributed by atoms with Crippen LogP contribution in [-0.2, 0) is 10.2 Å². The standard InChI is InChI=1S/C22H21N3O4/c1-22(2)12-23-11-16(20(26)27)19-18(22)15-9-8-14(10-17(15)25-19)29-21(28)24-13-6-4-3-5-7-13/h3-11,23,25H,12H2,1-2H3,(H,24,28)(H,26,27). The SMILES string of the molecule is CC1(C)CNC=C(C(=O)O)c2[nH]c3cc(OC(=O)Nc4ccccc4)ccc3c21. The molecule has 0 aliphatic carbocycles. The lowest BCUT2D eigenvalue weighted by molar-refractivity contribution is -0.130. The number of para-hydroxylation sites is 1. The summed E-state index contributed by atoms with van der Waals surface area (Å²) in [5.74, 6) is -0.652. The molecule has 4 N–H and O–H groups in total. The molecule has 0 fully saturated rings. The second-order valence-corrected chi connectivity index (χ2v) is 7.59. The largest absolute Gasteiger partial charge is 0.478 e. The van der Waals surface area contributed by atoms with Gasteiger partial charge in [-0.2, -0.15) is 0 Å². The van der Waals surface area contributed by atoms with E-state index < -0.39 is 12.1 Å². The van der Waals surface area contributed by atoms with Crippen molar-refractivity contribution < 1.29 is 19.4 Å². The molecule has 4 rings (SSSR count). The van der Waals surface area contributed by atoms with Crippen LogP contribution in [0.15, 0.2) is 54.7 Å². The van der Waals surface area contributed by atoms with Crippen LogP contribution in [0.5, 0.6) is 5.75 Å². The van der Waals surface area contributed by atoms with Crippen LogP contribution in [0.4, 0.5) is 10.5 Å². The minimum absolute atomic E-state index is 0.172. The Bertz CT molecular complexity index is 1130. The Morgan fingerprint density at radius 2 is 1.90 bits per heavy atom. The van der Waals surface area contributed by atoms with Gasteiger partial charge >= 0.3 is 12.1 Å². The van der Waals surface area contributed by atoms with Crippen LogP contribution in [0.3, 0.4) is 0 Å². The molecule has 2 heterocycles. The van der Waals surface area contributed by atoms with E-state index in [1.54, 1.807) is 24.3 Å². The molecule has 148 valence electrons. The van der Waals surface area contributed by atoms with E-state index in [0.29, 0.717) is 29.2 Å². The van der Waals surface area contributed by atoms with E-state index in [-0.39, 0.29) is 11.0 Å². The fourth-order valence-electron chi connectivity index (χ4n) is 3.65. The second-order valence-electron chi connectivity index (χ2n) is 7.59. The number of aromatic nitrogens is 1. The van der Waals surface area contributed by atoms with Gasteiger partial charge < -0.3 is 20.1 Å². The lowest BCUT2D eigenvalue weighted by Crippen LogP contribution is -2.29. The van der Waals surface area contributed by atoms with Crippen molar-refractivity contribution in [2.24, 2.45) is 0 Å². The zero-order valence-corrected chi connectivity index (χ0v) is 16.1. The Kier molecular flexibility index (Phi) is 4.50. The highest BCUT2D eigenvalue weighted by atomic mass is 16.6. The number of amides is 1. The molecule has 0 bridgehead atoms. The number of benzene rings is 2. The predicted molar refractivity (Wildman–Crippen MR) is 111 cm³/mol. The van der Waals surface area contributed by atoms with Crippen LogP contribution in [0.2, 0.25) is 0 Å². The summed E-state index contributed by atoms with van der Waals surface area (Å²) in [6.07, 6.45) is 0.926. The van der Waals surface area contributed by atoms with Crippen molar-refractivity contribution in [2.75, 3.05) is 11.9 Å². The van der Waals surface area contributed by atoms with E-state index in [0.717, 1.165) is 10.9 Å². The number of carbonyl (C=O) groups is 2. The molecule has 29 heavy (non-hydrogen) atoms. The normalized spacial score (nSPS) is 14.9. The summed E-state index contributed by atoms with van der Waals surface area (Å²) in [6, 6.07) is 14.3. The zero-order chi connectivity index (χ0) is 20.6. The number of hydrogen-bond donors (Lipinski definition) is 4. The molecule has 7 nitrogen and oxygen atoms in total. The smallest absolute Gasteiger partial charge is 0.417 e. The van der Waals surface area contributed by atoms with E-state index >= 15 is 0 Å². The first kappa shape index (κ1) is 18.6. The number of carboxylic acids is 1. The molecule has 2 aromatic carbocycles. The summed E-state index contributed by atoms with van der Waals surface area (Å²) in [4.78, 5) is 27.1. The number of aromatic amines is 1. The van der Waals surface area contributed by atoms with E-state index in [9.17, 15) is 14.7 Å². The maximum Gasteiger partial charge on any atom is 0.417 e. The van der Waals surface area contributed by atoms with Gasteiger partial charge in [0.25, 0.3) is 0 Å². The quantitative estimate of drug-likeness (QED) is 0.539. The molecular weight excluding hydrogens is 370 g/mol. The number of aliphatic carboxylic acids is 1. The van der Waals surface area contributed by atoms with E-state index in [4.69, 9.17) is 4.74 Å². The van der Waals surface area contributed by atoms with Gasteiger partial charge in [0.2, 0.25) is 0 Å². The monoisotopic (exact) mass is 391 g/mol. The van der Waals surface area contributed by atoms with Crippen molar-refractivity contribution in [2.45, 2.75) is 19.3 Å². The number of carbonyl (C=O) groups excluding carboxylic acids is 1. The number of hydrogen-bond acceptors (Lipinski definition) is 4. The van der Waals surface area contributed by atoms with Crippen molar-refractivity contribution >= 4 is 34.2 Å². The molecule has 1 aliphatic rings. The molecule has 1 aliphatic heterocycles. The Balaban J connectivity index is 1.69. The van der Waals surface area contributed by atoms with Crippen LogP contribution in [0, 0.1) is 0 Å². The van der Waals surface area contributed by atoms with Gasteiger partial charge in [0.15, 0.2) is 0 Å². The third-order valence-corrected chi connectivity index (χ3v) is 4.97. The summed E-state index contributed by atoms with van der Waals surface area (Å²) in [7, 11) is 0. The van der Waals surface area contributed by atoms with Crippen molar-refractivity contribution in [3.05, 3.63) is 66.0 Å². The third kappa shape index (κ3) is 3.54. The molecule has 0 atom stereocenters. The summed E-state index contributed by atoms with van der Waals surface area (Å²) in [5.41, 5.74) is 2.71. The molecule has 1 amide bonds. The van der Waals surface area contributed by atoms with Crippen LogP contribution >= 0.6 is 0 Å². The van der Waals surface area contributed by atoms with Crippen molar-refractivity contribution in [3.63, 3.8) is 0 Å². The Morgan fingerprint density at radius 1 is 1.14 bits per heavy atom. The fourth-order valence-corrected chi connectivity index (χ4v) is 3.65. The number of anilines is 1. The molecule has 0 saturated heterocycles. The van der Waals surface area contributed by atoms with Crippen LogP contribution in [0.1, 0.15) is 25.1 Å². The number of nitrogens with one attached hydrogen (secondary N) is 3. The maximum atomic E-state index is 12.2. The molecule has 1 aromatic heterocycles. The van der Waals surface area contributed by atoms with Gasteiger partial charge in [0, 0.05) is 40.8 Å². The van der Waals surface area contributed by atoms with E-state index in [1.165, 1.54) is 6.20 Å². The Morgan fingerprint density at radius 3 is 2.62 bits per heavy atom. The van der Waals surface area contributed by atoms with Gasteiger partial charge in [-0.1, -0.05) is 32.0 Å². The number of ether oxygens (including phenoxy) is 1. The summed E-state index contributed by atoms with van der Waals surface area (Å²) < 4.78 is 5.40. The third-order valence-electron chi connectivity index (χ3n) is 4.97. The van der Waals surface area contributed by atoms with Gasteiger partial charge in [0.1, 0.15) is 5.75 Å². The summed E-state index contributed by atoms with van der Waals surface area (Å²) >= 11 is 0. The van der Waals surface area contributed by atoms with E-state index in [2.05, 4.69) is 29.5 Å².